The summed E-state index contributed by atoms with van der Waals surface area (Å²) in [6.45, 7) is 6.77. The van der Waals surface area contributed by atoms with Crippen LogP contribution in [0, 0.1) is 0 Å². The van der Waals surface area contributed by atoms with Gasteiger partial charge in [-0.15, -0.1) is 0 Å². The standard InChI is InChI=1S/C60H109NO7/c1-4-7-10-13-16-19-22-25-28-31-34-37-40-43-46-49-58(63)66-54-52-61(53-55-67-59(64)50-47-44-41-38-35-32-29-26-23-20-17-14-11-8-5-2)57(62)56-68-60(65)51-48-45-42-39-36-33-30-27-24-21-18-15-12-9-6-3/h25-30H,4-24,31-56H2,1-3H3/b28-25-,29-26+,30-27-. The summed E-state index contributed by atoms with van der Waals surface area (Å²) in [6, 6.07) is 0. The van der Waals surface area contributed by atoms with Gasteiger partial charge in [0.15, 0.2) is 6.61 Å². The van der Waals surface area contributed by atoms with E-state index in [-0.39, 0.29) is 63.1 Å². The Morgan fingerprint density at radius 2 is 0.544 bits per heavy atom. The molecule has 0 aliphatic heterocycles. The summed E-state index contributed by atoms with van der Waals surface area (Å²) in [4.78, 5) is 52.3. The number of rotatable bonds is 53. The first kappa shape index (κ1) is 65.1. The highest BCUT2D eigenvalue weighted by molar-refractivity contribution is 5.80. The molecule has 0 saturated carbocycles. The first-order chi connectivity index (χ1) is 33.4. The molecule has 396 valence electrons. The molecule has 0 rings (SSSR count). The van der Waals surface area contributed by atoms with Crippen LogP contribution in [-0.4, -0.2) is 61.6 Å². The second-order valence-corrected chi connectivity index (χ2v) is 19.5. The number of amides is 1. The monoisotopic (exact) mass is 956 g/mol. The Morgan fingerprint density at radius 1 is 0.309 bits per heavy atom. The molecule has 0 radical (unpaired) electrons. The normalized spacial score (nSPS) is 11.6. The summed E-state index contributed by atoms with van der Waals surface area (Å²) < 4.78 is 16.4. The average molecular weight is 957 g/mol. The van der Waals surface area contributed by atoms with Crippen molar-refractivity contribution in [3.8, 4) is 0 Å². The zero-order chi connectivity index (χ0) is 49.5. The molecule has 0 unspecified atom stereocenters. The summed E-state index contributed by atoms with van der Waals surface area (Å²) in [5, 5.41) is 0. The van der Waals surface area contributed by atoms with Gasteiger partial charge >= 0.3 is 17.9 Å². The molecule has 68 heavy (non-hydrogen) atoms. The van der Waals surface area contributed by atoms with Crippen LogP contribution < -0.4 is 0 Å². The SMILES string of the molecule is CCCCCCCC/C=C\CCCCCCCC(=O)OCCN(CCOC(=O)CCCCCCC/C=C/CCCCCCCC)C(=O)COC(=O)CCCCCCC/C=C\CCCCCCCC. The predicted octanol–water partition coefficient (Wildman–Crippen LogP) is 17.6. The van der Waals surface area contributed by atoms with Crippen LogP contribution in [-0.2, 0) is 33.4 Å². The molecule has 0 saturated heterocycles. The van der Waals surface area contributed by atoms with Gasteiger partial charge < -0.3 is 19.1 Å². The number of esters is 3. The van der Waals surface area contributed by atoms with Gasteiger partial charge in [-0.1, -0.05) is 211 Å². The van der Waals surface area contributed by atoms with E-state index in [1.54, 1.807) is 0 Å². The van der Waals surface area contributed by atoms with E-state index in [0.29, 0.717) is 12.8 Å². The van der Waals surface area contributed by atoms with Gasteiger partial charge in [0, 0.05) is 19.3 Å². The lowest BCUT2D eigenvalue weighted by Crippen LogP contribution is -2.40. The maximum Gasteiger partial charge on any atom is 0.306 e. The minimum atomic E-state index is -0.385. The van der Waals surface area contributed by atoms with Crippen molar-refractivity contribution in [3.05, 3.63) is 36.5 Å². The average Bonchev–Trinajstić information content (AvgIpc) is 3.33. The molecule has 1 amide bonds. The fourth-order valence-electron chi connectivity index (χ4n) is 8.37. The largest absolute Gasteiger partial charge is 0.464 e. The third-order valence-electron chi connectivity index (χ3n) is 12.9. The number of carbonyl (C=O) groups is 4. The van der Waals surface area contributed by atoms with Crippen LogP contribution in [0.1, 0.15) is 290 Å². The molecular formula is C60H109NO7. The molecule has 0 bridgehead atoms. The van der Waals surface area contributed by atoms with Crippen molar-refractivity contribution in [1.82, 2.24) is 4.90 Å². The van der Waals surface area contributed by atoms with Crippen molar-refractivity contribution in [1.29, 1.82) is 0 Å². The molecule has 8 nitrogen and oxygen atoms in total. The first-order valence-corrected chi connectivity index (χ1v) is 29.1. The van der Waals surface area contributed by atoms with Crippen LogP contribution in [0.4, 0.5) is 0 Å². The first-order valence-electron chi connectivity index (χ1n) is 29.1. The number of hydrogen-bond donors (Lipinski definition) is 0. The van der Waals surface area contributed by atoms with E-state index in [9.17, 15) is 19.2 Å². The van der Waals surface area contributed by atoms with Crippen LogP contribution in [0.3, 0.4) is 0 Å². The Morgan fingerprint density at radius 3 is 0.824 bits per heavy atom. The molecule has 0 aromatic carbocycles. The molecule has 0 spiro atoms. The van der Waals surface area contributed by atoms with Crippen LogP contribution in [0.15, 0.2) is 36.5 Å². The van der Waals surface area contributed by atoms with Crippen LogP contribution in [0.5, 0.6) is 0 Å². The number of hydrogen-bond acceptors (Lipinski definition) is 7. The highest BCUT2D eigenvalue weighted by Gasteiger charge is 2.18. The maximum atomic E-state index is 13.2. The number of allylic oxidation sites excluding steroid dienone is 6. The van der Waals surface area contributed by atoms with Crippen molar-refractivity contribution >= 4 is 23.8 Å². The van der Waals surface area contributed by atoms with Crippen LogP contribution >= 0.6 is 0 Å². The highest BCUT2D eigenvalue weighted by atomic mass is 16.5. The molecule has 0 fully saturated rings. The van der Waals surface area contributed by atoms with E-state index in [4.69, 9.17) is 14.2 Å². The van der Waals surface area contributed by atoms with Crippen molar-refractivity contribution in [2.75, 3.05) is 32.9 Å². The smallest absolute Gasteiger partial charge is 0.306 e. The molecule has 0 aromatic rings. The minimum absolute atomic E-state index is 0.0430. The predicted molar refractivity (Wildman–Crippen MR) is 288 cm³/mol. The van der Waals surface area contributed by atoms with Gasteiger partial charge in [0.05, 0.1) is 13.1 Å². The fourth-order valence-corrected chi connectivity index (χ4v) is 8.37. The van der Waals surface area contributed by atoms with Crippen molar-refractivity contribution in [2.45, 2.75) is 290 Å². The quantitative estimate of drug-likeness (QED) is 0.0259. The lowest BCUT2D eigenvalue weighted by atomic mass is 10.1. The van der Waals surface area contributed by atoms with E-state index in [1.165, 1.54) is 159 Å². The van der Waals surface area contributed by atoms with E-state index >= 15 is 0 Å². The van der Waals surface area contributed by atoms with Crippen molar-refractivity contribution < 1.29 is 33.4 Å². The molecule has 0 atom stereocenters. The summed E-state index contributed by atoms with van der Waals surface area (Å²) in [7, 11) is 0. The maximum absolute atomic E-state index is 13.2. The summed E-state index contributed by atoms with van der Waals surface area (Å²) in [5.74, 6) is -1.31. The highest BCUT2D eigenvalue weighted by Crippen LogP contribution is 2.14. The van der Waals surface area contributed by atoms with Gasteiger partial charge in [0.25, 0.3) is 5.91 Å². The zero-order valence-corrected chi connectivity index (χ0v) is 45.0. The molecule has 0 aromatic heterocycles. The third kappa shape index (κ3) is 51.0. The van der Waals surface area contributed by atoms with Crippen molar-refractivity contribution in [3.63, 3.8) is 0 Å². The van der Waals surface area contributed by atoms with Gasteiger partial charge in [-0.05, 0) is 96.3 Å². The van der Waals surface area contributed by atoms with Gasteiger partial charge in [0.2, 0.25) is 0 Å². The zero-order valence-electron chi connectivity index (χ0n) is 45.0. The van der Waals surface area contributed by atoms with E-state index in [0.717, 1.165) is 96.3 Å². The van der Waals surface area contributed by atoms with Gasteiger partial charge in [-0.3, -0.25) is 19.2 Å². The second kappa shape index (κ2) is 55.0. The molecule has 0 heterocycles. The Balaban J connectivity index is 4.47. The van der Waals surface area contributed by atoms with Crippen molar-refractivity contribution in [2.24, 2.45) is 0 Å². The molecule has 0 N–H and O–H groups in total. The third-order valence-corrected chi connectivity index (χ3v) is 12.9. The molecule has 8 heteroatoms. The van der Waals surface area contributed by atoms with Gasteiger partial charge in [0.1, 0.15) is 13.2 Å². The topological polar surface area (TPSA) is 99.2 Å². The summed E-state index contributed by atoms with van der Waals surface area (Å²) in [6.07, 6.45) is 61.5. The lowest BCUT2D eigenvalue weighted by Gasteiger charge is -2.22. The van der Waals surface area contributed by atoms with E-state index in [1.807, 2.05) is 0 Å². The fraction of sp³-hybridized carbons (Fsp3) is 0.833. The molecule has 0 aliphatic rings. The Kier molecular flexibility index (Phi) is 52.7. The van der Waals surface area contributed by atoms with E-state index < -0.39 is 0 Å². The van der Waals surface area contributed by atoms with Crippen LogP contribution in [0.2, 0.25) is 0 Å². The second-order valence-electron chi connectivity index (χ2n) is 19.5. The Bertz CT molecular complexity index is 1150. The van der Waals surface area contributed by atoms with E-state index in [2.05, 4.69) is 57.2 Å². The number of carbonyl (C=O) groups excluding carboxylic acids is 4. The van der Waals surface area contributed by atoms with Gasteiger partial charge in [-0.2, -0.15) is 0 Å². The van der Waals surface area contributed by atoms with Gasteiger partial charge in [-0.25, -0.2) is 0 Å². The molecular weight excluding hydrogens is 847 g/mol. The number of ether oxygens (including phenoxy) is 3. The lowest BCUT2D eigenvalue weighted by molar-refractivity contribution is -0.154. The van der Waals surface area contributed by atoms with Crippen LogP contribution in [0.25, 0.3) is 0 Å². The molecule has 0 aliphatic carbocycles. The number of nitrogens with zero attached hydrogens (tertiary/aromatic N) is 1. The summed E-state index contributed by atoms with van der Waals surface area (Å²) in [5.41, 5.74) is 0. The number of unbranched alkanes of at least 4 members (excludes halogenated alkanes) is 33. The Labute approximate surface area is 420 Å². The Hall–Kier alpha value is -2.90. The minimum Gasteiger partial charge on any atom is -0.464 e. The summed E-state index contributed by atoms with van der Waals surface area (Å²) >= 11 is 0.